The first-order valence-corrected chi connectivity index (χ1v) is 7.28. The Balaban J connectivity index is 2.32. The van der Waals surface area contributed by atoms with Crippen molar-refractivity contribution in [1.29, 1.82) is 0 Å². The molecule has 0 unspecified atom stereocenters. The summed E-state index contributed by atoms with van der Waals surface area (Å²) < 4.78 is 22.7. The minimum absolute atomic E-state index is 0.102. The Morgan fingerprint density at radius 2 is 1.78 bits per heavy atom. The second-order valence-electron chi connectivity index (χ2n) is 4.56. The zero-order valence-electron chi connectivity index (χ0n) is 10.3. The van der Waals surface area contributed by atoms with Gasteiger partial charge in [0.2, 0.25) is 10.0 Å². The molecular formula is C11H18N4O2S. The number of piperazine rings is 1. The zero-order chi connectivity index (χ0) is 13.3. The molecule has 7 heteroatoms. The van der Waals surface area contributed by atoms with Gasteiger partial charge in [-0.3, -0.25) is 0 Å². The number of hydrogen-bond donors (Lipinski definition) is 2. The minimum Gasteiger partial charge on any atom is -0.397 e. The van der Waals surface area contributed by atoms with Gasteiger partial charge in [-0.25, -0.2) is 13.6 Å². The first-order chi connectivity index (χ1) is 8.38. The number of likely N-dealkylation sites (N-methyl/N-ethyl adjacent to an activating group) is 1. The number of nitrogen functional groups attached to an aromatic ring is 1. The van der Waals surface area contributed by atoms with Crippen molar-refractivity contribution in [2.75, 3.05) is 43.9 Å². The molecule has 18 heavy (non-hydrogen) atoms. The van der Waals surface area contributed by atoms with Gasteiger partial charge in [0.15, 0.2) is 0 Å². The molecule has 4 N–H and O–H groups in total. The van der Waals surface area contributed by atoms with E-state index in [2.05, 4.69) is 16.8 Å². The van der Waals surface area contributed by atoms with E-state index in [4.69, 9.17) is 10.9 Å². The van der Waals surface area contributed by atoms with E-state index in [1.54, 1.807) is 12.1 Å². The molecule has 1 saturated heterocycles. The van der Waals surface area contributed by atoms with Crippen LogP contribution >= 0.6 is 0 Å². The summed E-state index contributed by atoms with van der Waals surface area (Å²) in [6, 6.07) is 4.58. The first-order valence-electron chi connectivity index (χ1n) is 5.74. The maximum Gasteiger partial charge on any atom is 0.238 e. The van der Waals surface area contributed by atoms with E-state index in [0.29, 0.717) is 5.69 Å². The molecule has 1 aliphatic rings. The number of sulfonamides is 1. The van der Waals surface area contributed by atoms with Gasteiger partial charge in [0.25, 0.3) is 0 Å². The van der Waals surface area contributed by atoms with Gasteiger partial charge in [0.1, 0.15) is 0 Å². The van der Waals surface area contributed by atoms with Crippen molar-refractivity contribution in [3.05, 3.63) is 18.2 Å². The number of rotatable bonds is 2. The molecular weight excluding hydrogens is 252 g/mol. The van der Waals surface area contributed by atoms with E-state index in [9.17, 15) is 8.42 Å². The highest BCUT2D eigenvalue weighted by Crippen LogP contribution is 2.27. The van der Waals surface area contributed by atoms with E-state index in [0.717, 1.165) is 31.9 Å². The summed E-state index contributed by atoms with van der Waals surface area (Å²) in [5, 5.41) is 5.13. The van der Waals surface area contributed by atoms with E-state index in [1.807, 2.05) is 0 Å². The van der Waals surface area contributed by atoms with Gasteiger partial charge in [0, 0.05) is 26.2 Å². The lowest BCUT2D eigenvalue weighted by Crippen LogP contribution is -2.44. The van der Waals surface area contributed by atoms with Crippen LogP contribution in [0.2, 0.25) is 0 Å². The quantitative estimate of drug-likeness (QED) is 0.718. The Labute approximate surface area is 107 Å². The monoisotopic (exact) mass is 270 g/mol. The number of nitrogens with zero attached hydrogens (tertiary/aromatic N) is 2. The predicted octanol–water partition coefficient (Wildman–Crippen LogP) is -0.332. The van der Waals surface area contributed by atoms with Crippen LogP contribution in [0.3, 0.4) is 0 Å². The summed E-state index contributed by atoms with van der Waals surface area (Å²) in [4.78, 5) is 4.41. The van der Waals surface area contributed by atoms with Crippen molar-refractivity contribution in [3.8, 4) is 0 Å². The molecule has 2 rings (SSSR count). The summed E-state index contributed by atoms with van der Waals surface area (Å²) in [5.74, 6) is 0. The summed E-state index contributed by atoms with van der Waals surface area (Å²) in [5.41, 5.74) is 7.23. The van der Waals surface area contributed by atoms with Gasteiger partial charge in [0.05, 0.1) is 16.3 Å². The standard InChI is InChI=1S/C11H18N4O2S/c1-14-4-6-15(7-5-14)11-8-9(18(13,16)17)2-3-10(11)12/h2-3,8H,4-7,12H2,1H3,(H2,13,16,17). The molecule has 1 aromatic rings. The molecule has 0 aromatic heterocycles. The van der Waals surface area contributed by atoms with Crippen molar-refractivity contribution < 1.29 is 8.42 Å². The van der Waals surface area contributed by atoms with Gasteiger partial charge < -0.3 is 15.5 Å². The largest absolute Gasteiger partial charge is 0.397 e. The Hall–Kier alpha value is -1.31. The van der Waals surface area contributed by atoms with Crippen molar-refractivity contribution >= 4 is 21.4 Å². The molecule has 0 aliphatic carbocycles. The lowest BCUT2D eigenvalue weighted by molar-refractivity contribution is 0.313. The number of benzene rings is 1. The second-order valence-corrected chi connectivity index (χ2v) is 6.12. The van der Waals surface area contributed by atoms with Gasteiger partial charge in [-0.15, -0.1) is 0 Å². The minimum atomic E-state index is -3.68. The summed E-state index contributed by atoms with van der Waals surface area (Å²) in [6.07, 6.45) is 0. The summed E-state index contributed by atoms with van der Waals surface area (Å²) in [7, 11) is -1.63. The van der Waals surface area contributed by atoms with Crippen LogP contribution in [0.1, 0.15) is 0 Å². The molecule has 1 fully saturated rings. The number of anilines is 2. The Bertz CT molecular complexity index is 536. The van der Waals surface area contributed by atoms with Crippen LogP contribution in [-0.2, 0) is 10.0 Å². The zero-order valence-corrected chi connectivity index (χ0v) is 11.2. The van der Waals surface area contributed by atoms with Crippen molar-refractivity contribution in [3.63, 3.8) is 0 Å². The fourth-order valence-corrected chi connectivity index (χ4v) is 2.56. The lowest BCUT2D eigenvalue weighted by atomic mass is 10.2. The van der Waals surface area contributed by atoms with E-state index >= 15 is 0 Å². The Kier molecular flexibility index (Phi) is 3.47. The molecule has 0 saturated carbocycles. The number of primary sulfonamides is 1. The molecule has 1 aromatic carbocycles. The van der Waals surface area contributed by atoms with Crippen LogP contribution in [0.15, 0.2) is 23.1 Å². The second kappa shape index (κ2) is 4.75. The van der Waals surface area contributed by atoms with Crippen molar-refractivity contribution in [2.24, 2.45) is 5.14 Å². The highest BCUT2D eigenvalue weighted by Gasteiger charge is 2.18. The molecule has 0 radical (unpaired) electrons. The number of hydrogen-bond acceptors (Lipinski definition) is 5. The van der Waals surface area contributed by atoms with Crippen LogP contribution < -0.4 is 15.8 Å². The maximum absolute atomic E-state index is 11.3. The molecule has 0 bridgehead atoms. The van der Waals surface area contributed by atoms with Crippen LogP contribution in [0.5, 0.6) is 0 Å². The average molecular weight is 270 g/mol. The molecule has 1 aliphatic heterocycles. The van der Waals surface area contributed by atoms with E-state index in [1.165, 1.54) is 6.07 Å². The van der Waals surface area contributed by atoms with Crippen LogP contribution in [0.25, 0.3) is 0 Å². The normalized spacial score (nSPS) is 18.0. The number of nitrogens with two attached hydrogens (primary N) is 2. The molecule has 1 heterocycles. The average Bonchev–Trinajstić information content (AvgIpc) is 2.29. The fraction of sp³-hybridized carbons (Fsp3) is 0.455. The third kappa shape index (κ3) is 2.74. The molecule has 0 amide bonds. The Morgan fingerprint density at radius 1 is 1.17 bits per heavy atom. The van der Waals surface area contributed by atoms with Crippen LogP contribution in [-0.4, -0.2) is 46.5 Å². The van der Waals surface area contributed by atoms with E-state index < -0.39 is 10.0 Å². The fourth-order valence-electron chi connectivity index (χ4n) is 2.02. The third-order valence-corrected chi connectivity index (χ3v) is 4.09. The summed E-state index contributed by atoms with van der Waals surface area (Å²) in [6.45, 7) is 3.52. The maximum atomic E-state index is 11.3. The molecule has 6 nitrogen and oxygen atoms in total. The molecule has 0 spiro atoms. The van der Waals surface area contributed by atoms with Gasteiger partial charge >= 0.3 is 0 Å². The molecule has 0 atom stereocenters. The lowest BCUT2D eigenvalue weighted by Gasteiger charge is -2.34. The van der Waals surface area contributed by atoms with Crippen molar-refractivity contribution in [2.45, 2.75) is 4.90 Å². The third-order valence-electron chi connectivity index (χ3n) is 3.17. The first kappa shape index (κ1) is 13.1. The SMILES string of the molecule is CN1CCN(c2cc(S(N)(=O)=O)ccc2N)CC1. The topological polar surface area (TPSA) is 92.7 Å². The highest BCUT2D eigenvalue weighted by atomic mass is 32.2. The predicted molar refractivity (Wildman–Crippen MR) is 71.9 cm³/mol. The summed E-state index contributed by atoms with van der Waals surface area (Å²) >= 11 is 0. The molecule has 100 valence electrons. The van der Waals surface area contributed by atoms with Crippen LogP contribution in [0, 0.1) is 0 Å². The Morgan fingerprint density at radius 3 is 2.33 bits per heavy atom. The smallest absolute Gasteiger partial charge is 0.238 e. The van der Waals surface area contributed by atoms with Crippen LogP contribution in [0.4, 0.5) is 11.4 Å². The van der Waals surface area contributed by atoms with E-state index in [-0.39, 0.29) is 4.90 Å². The van der Waals surface area contributed by atoms with Gasteiger partial charge in [-0.05, 0) is 25.2 Å². The van der Waals surface area contributed by atoms with Crippen molar-refractivity contribution in [1.82, 2.24) is 4.90 Å². The highest BCUT2D eigenvalue weighted by molar-refractivity contribution is 7.89. The van der Waals surface area contributed by atoms with Gasteiger partial charge in [-0.2, -0.15) is 0 Å². The van der Waals surface area contributed by atoms with Gasteiger partial charge in [-0.1, -0.05) is 0 Å².